The Labute approximate surface area is 150 Å². The van der Waals surface area contributed by atoms with Gasteiger partial charge in [0.05, 0.1) is 0 Å². The third kappa shape index (κ3) is 4.30. The maximum Gasteiger partial charge on any atom is 0.231 e. The number of ether oxygens (including phenoxy) is 2. The zero-order valence-electron chi connectivity index (χ0n) is 14.3. The maximum absolute atomic E-state index is 13.0. The molecule has 3 rings (SSSR count). The molecule has 1 aliphatic rings. The molecule has 2 aromatic rings. The Balaban J connectivity index is 1.52. The van der Waals surface area contributed by atoms with Gasteiger partial charge in [-0.15, -0.1) is 0 Å². The smallest absolute Gasteiger partial charge is 0.231 e. The second-order valence-corrected chi connectivity index (χ2v) is 5.86. The van der Waals surface area contributed by atoms with E-state index >= 15 is 0 Å². The maximum atomic E-state index is 13.0. The summed E-state index contributed by atoms with van der Waals surface area (Å²) in [5.41, 5.74) is 1.45. The van der Waals surface area contributed by atoms with E-state index in [9.17, 15) is 14.0 Å². The molecule has 1 N–H and O–H groups in total. The number of amides is 2. The monoisotopic (exact) mass is 358 g/mol. The summed E-state index contributed by atoms with van der Waals surface area (Å²) in [5, 5.41) is 2.81. The lowest BCUT2D eigenvalue weighted by Crippen LogP contribution is -2.33. The summed E-state index contributed by atoms with van der Waals surface area (Å²) < 4.78 is 23.6. The highest BCUT2D eigenvalue weighted by Gasteiger charge is 2.15. The van der Waals surface area contributed by atoms with Crippen LogP contribution in [0.3, 0.4) is 0 Å². The Bertz CT molecular complexity index is 808. The summed E-state index contributed by atoms with van der Waals surface area (Å²) in [4.78, 5) is 25.3. The highest BCUT2D eigenvalue weighted by Crippen LogP contribution is 2.32. The lowest BCUT2D eigenvalue weighted by atomic mass is 10.2. The van der Waals surface area contributed by atoms with Crippen molar-refractivity contribution in [2.45, 2.75) is 19.9 Å². The molecule has 1 heterocycles. The average molecular weight is 358 g/mol. The molecule has 1 aliphatic heterocycles. The van der Waals surface area contributed by atoms with Crippen molar-refractivity contribution in [3.05, 3.63) is 53.8 Å². The number of hydrogen-bond donors (Lipinski definition) is 1. The van der Waals surface area contributed by atoms with Crippen LogP contribution in [0, 0.1) is 5.82 Å². The molecule has 6 nitrogen and oxygen atoms in total. The van der Waals surface area contributed by atoms with Crippen molar-refractivity contribution in [1.82, 2.24) is 5.32 Å². The molecule has 0 aliphatic carbocycles. The first-order valence-corrected chi connectivity index (χ1v) is 8.22. The number of carbonyl (C=O) groups is 2. The quantitative estimate of drug-likeness (QED) is 0.862. The lowest BCUT2D eigenvalue weighted by molar-refractivity contribution is -0.121. The number of nitrogens with zero attached hydrogens (tertiary/aromatic N) is 1. The molecular weight excluding hydrogens is 339 g/mol. The van der Waals surface area contributed by atoms with Crippen LogP contribution in [0.15, 0.2) is 42.5 Å². The van der Waals surface area contributed by atoms with Gasteiger partial charge in [-0.3, -0.25) is 9.59 Å². The second kappa shape index (κ2) is 7.86. The van der Waals surface area contributed by atoms with E-state index in [1.54, 1.807) is 6.07 Å². The summed E-state index contributed by atoms with van der Waals surface area (Å²) in [7, 11) is 0. The number of nitrogens with one attached hydrogen (secondary N) is 1. The van der Waals surface area contributed by atoms with Crippen LogP contribution < -0.4 is 19.7 Å². The van der Waals surface area contributed by atoms with E-state index in [0.29, 0.717) is 23.7 Å². The van der Waals surface area contributed by atoms with Gasteiger partial charge in [0.1, 0.15) is 5.82 Å². The Morgan fingerprint density at radius 1 is 1.12 bits per heavy atom. The van der Waals surface area contributed by atoms with Crippen molar-refractivity contribution < 1.29 is 23.5 Å². The van der Waals surface area contributed by atoms with Gasteiger partial charge in [-0.25, -0.2) is 4.39 Å². The first-order chi connectivity index (χ1) is 12.5. The minimum absolute atomic E-state index is 0.140. The van der Waals surface area contributed by atoms with Crippen LogP contribution >= 0.6 is 0 Å². The average Bonchev–Trinajstić information content (AvgIpc) is 3.09. The van der Waals surface area contributed by atoms with Crippen molar-refractivity contribution in [1.29, 1.82) is 0 Å². The molecule has 0 saturated carbocycles. The van der Waals surface area contributed by atoms with E-state index in [-0.39, 0.29) is 37.4 Å². The molecule has 2 amide bonds. The topological polar surface area (TPSA) is 67.9 Å². The van der Waals surface area contributed by atoms with Crippen molar-refractivity contribution in [2.24, 2.45) is 0 Å². The first-order valence-electron chi connectivity index (χ1n) is 8.22. The van der Waals surface area contributed by atoms with Crippen LogP contribution in [-0.4, -0.2) is 25.2 Å². The van der Waals surface area contributed by atoms with Gasteiger partial charge >= 0.3 is 0 Å². The highest BCUT2D eigenvalue weighted by atomic mass is 19.1. The number of anilines is 1. The van der Waals surface area contributed by atoms with Crippen molar-refractivity contribution in [2.75, 3.05) is 18.2 Å². The van der Waals surface area contributed by atoms with Gasteiger partial charge in [0.15, 0.2) is 11.5 Å². The van der Waals surface area contributed by atoms with Crippen LogP contribution in [-0.2, 0) is 16.1 Å². The Kier molecular flexibility index (Phi) is 5.36. The van der Waals surface area contributed by atoms with Gasteiger partial charge in [-0.05, 0) is 42.0 Å². The largest absolute Gasteiger partial charge is 0.454 e. The van der Waals surface area contributed by atoms with Crippen LogP contribution in [0.2, 0.25) is 0 Å². The molecule has 0 spiro atoms. The predicted octanol–water partition coefficient (Wildman–Crippen LogP) is 2.61. The van der Waals surface area contributed by atoms with E-state index in [2.05, 4.69) is 5.32 Å². The first kappa shape index (κ1) is 17.7. The molecule has 0 radical (unpaired) electrons. The van der Waals surface area contributed by atoms with Gasteiger partial charge in [0.25, 0.3) is 0 Å². The van der Waals surface area contributed by atoms with E-state index < -0.39 is 0 Å². The van der Waals surface area contributed by atoms with Crippen LogP contribution in [0.25, 0.3) is 0 Å². The number of benzene rings is 2. The zero-order chi connectivity index (χ0) is 18.5. The third-order valence-corrected chi connectivity index (χ3v) is 4.01. The summed E-state index contributed by atoms with van der Waals surface area (Å²) in [5.74, 6) is 0.585. The van der Waals surface area contributed by atoms with E-state index in [0.717, 1.165) is 5.56 Å². The molecule has 136 valence electrons. The standard InChI is InChI=1S/C19H19FN2O4/c1-13(23)22(16-5-3-15(20)4-6-16)9-8-19(24)21-11-14-2-7-17-18(10-14)26-12-25-17/h2-7,10H,8-9,11-12H2,1H3,(H,21,24). The second-order valence-electron chi connectivity index (χ2n) is 5.86. The van der Waals surface area contributed by atoms with Crippen molar-refractivity contribution >= 4 is 17.5 Å². The van der Waals surface area contributed by atoms with Crippen molar-refractivity contribution in [3.8, 4) is 11.5 Å². The lowest BCUT2D eigenvalue weighted by Gasteiger charge is -2.21. The molecule has 0 bridgehead atoms. The SMILES string of the molecule is CC(=O)N(CCC(=O)NCc1ccc2c(c1)OCO2)c1ccc(F)cc1. The molecule has 0 fully saturated rings. The predicted molar refractivity (Wildman–Crippen MR) is 93.5 cm³/mol. The fourth-order valence-electron chi connectivity index (χ4n) is 2.64. The van der Waals surface area contributed by atoms with Gasteiger partial charge in [0, 0.05) is 32.1 Å². The van der Waals surface area contributed by atoms with E-state index in [4.69, 9.17) is 9.47 Å². The molecule has 7 heteroatoms. The van der Waals surface area contributed by atoms with Gasteiger partial charge in [0.2, 0.25) is 18.6 Å². The normalized spacial score (nSPS) is 11.9. The Hall–Kier alpha value is -3.09. The van der Waals surface area contributed by atoms with Crippen LogP contribution in [0.1, 0.15) is 18.9 Å². The summed E-state index contributed by atoms with van der Waals surface area (Å²) >= 11 is 0. The number of carbonyl (C=O) groups excluding carboxylic acids is 2. The molecular formula is C19H19FN2O4. The van der Waals surface area contributed by atoms with Gasteiger partial charge in [-0.1, -0.05) is 6.07 Å². The zero-order valence-corrected chi connectivity index (χ0v) is 14.3. The molecule has 26 heavy (non-hydrogen) atoms. The fourth-order valence-corrected chi connectivity index (χ4v) is 2.64. The van der Waals surface area contributed by atoms with Gasteiger partial charge < -0.3 is 19.7 Å². The number of fused-ring (bicyclic) bond motifs is 1. The van der Waals surface area contributed by atoms with Crippen LogP contribution in [0.4, 0.5) is 10.1 Å². The van der Waals surface area contributed by atoms with E-state index in [1.165, 1.54) is 36.1 Å². The minimum atomic E-state index is -0.376. The van der Waals surface area contributed by atoms with E-state index in [1.807, 2.05) is 12.1 Å². The Morgan fingerprint density at radius 3 is 2.58 bits per heavy atom. The molecule has 0 unspecified atom stereocenters. The molecule has 0 aromatic heterocycles. The summed E-state index contributed by atoms with van der Waals surface area (Å²) in [6.45, 7) is 2.18. The number of rotatable bonds is 6. The van der Waals surface area contributed by atoms with Crippen molar-refractivity contribution in [3.63, 3.8) is 0 Å². The highest BCUT2D eigenvalue weighted by molar-refractivity contribution is 5.92. The summed E-state index contributed by atoms with van der Waals surface area (Å²) in [6.07, 6.45) is 0.140. The Morgan fingerprint density at radius 2 is 1.85 bits per heavy atom. The number of hydrogen-bond acceptors (Lipinski definition) is 4. The number of halogens is 1. The fraction of sp³-hybridized carbons (Fsp3) is 0.263. The molecule has 0 atom stereocenters. The molecule has 2 aromatic carbocycles. The van der Waals surface area contributed by atoms with Gasteiger partial charge in [-0.2, -0.15) is 0 Å². The summed E-state index contributed by atoms with van der Waals surface area (Å²) in [6, 6.07) is 11.1. The van der Waals surface area contributed by atoms with Crippen LogP contribution in [0.5, 0.6) is 11.5 Å². The molecule has 0 saturated heterocycles. The minimum Gasteiger partial charge on any atom is -0.454 e. The third-order valence-electron chi connectivity index (χ3n) is 4.01.